The predicted octanol–water partition coefficient (Wildman–Crippen LogP) is 4.62. The first kappa shape index (κ1) is 35.3. The fourth-order valence-electron chi connectivity index (χ4n) is 7.45. The Morgan fingerprint density at radius 1 is 0.978 bits per heavy atom. The third kappa shape index (κ3) is 7.37. The molecule has 0 spiro atoms. The number of hydrogen-bond acceptors (Lipinski definition) is 5. The summed E-state index contributed by atoms with van der Waals surface area (Å²) >= 11 is 0. The quantitative estimate of drug-likeness (QED) is 0.475. The van der Waals surface area contributed by atoms with E-state index in [4.69, 9.17) is 5.73 Å². The number of amides is 3. The van der Waals surface area contributed by atoms with Crippen LogP contribution in [0, 0.1) is 28.4 Å². The smallest absolute Gasteiger partial charge is 0.244 e. The van der Waals surface area contributed by atoms with Crippen LogP contribution in [-0.2, 0) is 14.4 Å². The molecular formula is C35H55F2N5O3. The molecule has 4 rings (SSSR count). The van der Waals surface area contributed by atoms with Gasteiger partial charge in [-0.05, 0) is 83.8 Å². The van der Waals surface area contributed by atoms with Gasteiger partial charge < -0.3 is 20.4 Å². The van der Waals surface area contributed by atoms with E-state index in [9.17, 15) is 18.8 Å². The van der Waals surface area contributed by atoms with Crippen molar-refractivity contribution in [2.24, 2.45) is 22.5 Å². The maximum absolute atomic E-state index is 15.2. The molecule has 0 aromatic heterocycles. The van der Waals surface area contributed by atoms with Gasteiger partial charge in [-0.1, -0.05) is 19.9 Å². The maximum atomic E-state index is 15.2. The van der Waals surface area contributed by atoms with Crippen molar-refractivity contribution >= 4 is 17.7 Å². The SMILES string of the molecule is CN(C)C(=O)[C@@H]1C[C@H](N(C(=O)C(C)(C)CN)C2CCC(C)(C)CC2)CN1C(=O)C1CN(C(C)(C)C)C[C@@H]1c1ccc(F)cc1F. The predicted molar refractivity (Wildman–Crippen MR) is 172 cm³/mol. The Kier molecular flexibility index (Phi) is 10.1. The molecule has 8 nitrogen and oxygen atoms in total. The third-order valence-electron chi connectivity index (χ3n) is 10.7. The highest BCUT2D eigenvalue weighted by Crippen LogP contribution is 2.42. The summed E-state index contributed by atoms with van der Waals surface area (Å²) in [6.07, 6.45) is 4.00. The van der Waals surface area contributed by atoms with E-state index in [0.29, 0.717) is 25.1 Å². The highest BCUT2D eigenvalue weighted by molar-refractivity contribution is 5.90. The molecule has 45 heavy (non-hydrogen) atoms. The first-order valence-corrected chi connectivity index (χ1v) is 16.5. The Hall–Kier alpha value is -2.59. The normalized spacial score (nSPS) is 26.3. The molecule has 252 valence electrons. The summed E-state index contributed by atoms with van der Waals surface area (Å²) in [7, 11) is 3.35. The highest BCUT2D eigenvalue weighted by Gasteiger charge is 2.52. The van der Waals surface area contributed by atoms with Crippen molar-refractivity contribution in [3.8, 4) is 0 Å². The Labute approximate surface area is 268 Å². The lowest BCUT2D eigenvalue weighted by Crippen LogP contribution is -2.55. The minimum atomic E-state index is -0.796. The molecule has 1 unspecified atom stereocenters. The molecule has 2 N–H and O–H groups in total. The van der Waals surface area contributed by atoms with Crippen LogP contribution >= 0.6 is 0 Å². The van der Waals surface area contributed by atoms with Gasteiger partial charge in [0.25, 0.3) is 0 Å². The maximum Gasteiger partial charge on any atom is 0.244 e. The van der Waals surface area contributed by atoms with Crippen LogP contribution in [0.2, 0.25) is 0 Å². The van der Waals surface area contributed by atoms with Crippen molar-refractivity contribution in [3.63, 3.8) is 0 Å². The number of nitrogens with zero attached hydrogens (tertiary/aromatic N) is 4. The monoisotopic (exact) mass is 631 g/mol. The number of halogens is 2. The van der Waals surface area contributed by atoms with E-state index in [1.165, 1.54) is 17.0 Å². The molecule has 1 saturated carbocycles. The molecule has 0 bridgehead atoms. The van der Waals surface area contributed by atoms with Gasteiger partial charge in [0.1, 0.15) is 17.7 Å². The minimum absolute atomic E-state index is 0.00423. The summed E-state index contributed by atoms with van der Waals surface area (Å²) < 4.78 is 29.1. The van der Waals surface area contributed by atoms with E-state index in [1.807, 2.05) is 18.7 Å². The first-order chi connectivity index (χ1) is 20.8. The zero-order valence-electron chi connectivity index (χ0n) is 28.8. The van der Waals surface area contributed by atoms with Crippen LogP contribution in [0.4, 0.5) is 8.78 Å². The van der Waals surface area contributed by atoms with Gasteiger partial charge in [-0.3, -0.25) is 19.3 Å². The Morgan fingerprint density at radius 3 is 2.13 bits per heavy atom. The zero-order chi connectivity index (χ0) is 33.6. The number of carbonyl (C=O) groups is 3. The van der Waals surface area contributed by atoms with E-state index >= 15 is 4.39 Å². The molecule has 3 aliphatic rings. The van der Waals surface area contributed by atoms with Crippen molar-refractivity contribution in [2.75, 3.05) is 40.3 Å². The van der Waals surface area contributed by atoms with Gasteiger partial charge in [-0.25, -0.2) is 8.78 Å². The second-order valence-electron chi connectivity index (χ2n) is 16.3. The van der Waals surface area contributed by atoms with Crippen LogP contribution in [0.15, 0.2) is 18.2 Å². The highest BCUT2D eigenvalue weighted by atomic mass is 19.1. The van der Waals surface area contributed by atoms with Crippen molar-refractivity contribution in [1.29, 1.82) is 0 Å². The summed E-state index contributed by atoms with van der Waals surface area (Å²) in [5.74, 6) is -2.96. The standard InChI is InChI=1S/C35H55F2N5O3/c1-33(2,3)40-19-26(25-11-10-22(36)16-28(25)37)27(20-40)30(43)41-18-24(17-29(41)31(44)39(8)9)42(32(45)35(6,7)21-38)23-12-14-34(4,5)15-13-23/h10-11,16,23-24,26-27,29H,12-15,17-21,38H2,1-9H3/t24-,26+,27?,29-/m0/s1. The van der Waals surface area contributed by atoms with E-state index in [-0.39, 0.29) is 53.8 Å². The fourth-order valence-corrected chi connectivity index (χ4v) is 7.45. The topological polar surface area (TPSA) is 90.2 Å². The van der Waals surface area contributed by atoms with Crippen molar-refractivity contribution in [3.05, 3.63) is 35.4 Å². The summed E-state index contributed by atoms with van der Waals surface area (Å²) in [6, 6.07) is 2.43. The summed E-state index contributed by atoms with van der Waals surface area (Å²) in [6.45, 7) is 15.6. The van der Waals surface area contributed by atoms with Crippen LogP contribution in [0.5, 0.6) is 0 Å². The van der Waals surface area contributed by atoms with Gasteiger partial charge in [0.15, 0.2) is 0 Å². The van der Waals surface area contributed by atoms with Crippen LogP contribution in [0.1, 0.15) is 92.1 Å². The number of rotatable bonds is 7. The minimum Gasteiger partial charge on any atom is -0.347 e. The van der Waals surface area contributed by atoms with E-state index < -0.39 is 34.9 Å². The molecule has 1 aromatic rings. The number of hydrogen-bond donors (Lipinski definition) is 1. The van der Waals surface area contributed by atoms with E-state index in [0.717, 1.165) is 31.7 Å². The van der Waals surface area contributed by atoms with Gasteiger partial charge in [-0.2, -0.15) is 0 Å². The molecule has 2 heterocycles. The molecule has 1 aromatic carbocycles. The summed E-state index contributed by atoms with van der Waals surface area (Å²) in [5.41, 5.74) is 5.51. The number of likely N-dealkylation sites (N-methyl/N-ethyl adjacent to an activating group) is 1. The Balaban J connectivity index is 1.72. The molecule has 0 radical (unpaired) electrons. The van der Waals surface area contributed by atoms with Gasteiger partial charge in [0.2, 0.25) is 17.7 Å². The number of likely N-dealkylation sites (tertiary alicyclic amines) is 2. The average molecular weight is 632 g/mol. The first-order valence-electron chi connectivity index (χ1n) is 16.5. The molecule has 2 saturated heterocycles. The van der Waals surface area contributed by atoms with Crippen molar-refractivity contribution < 1.29 is 23.2 Å². The molecule has 3 amide bonds. The molecule has 2 aliphatic heterocycles. The van der Waals surface area contributed by atoms with Gasteiger partial charge in [-0.15, -0.1) is 0 Å². The van der Waals surface area contributed by atoms with Crippen LogP contribution in [-0.4, -0.2) is 101 Å². The molecule has 10 heteroatoms. The van der Waals surface area contributed by atoms with E-state index in [2.05, 4.69) is 39.5 Å². The second-order valence-corrected chi connectivity index (χ2v) is 16.3. The third-order valence-corrected chi connectivity index (χ3v) is 10.7. The number of nitrogens with two attached hydrogens (primary N) is 1. The lowest BCUT2D eigenvalue weighted by Gasteiger charge is -2.45. The number of benzene rings is 1. The lowest BCUT2D eigenvalue weighted by molar-refractivity contribution is -0.147. The van der Waals surface area contributed by atoms with Crippen LogP contribution < -0.4 is 5.73 Å². The van der Waals surface area contributed by atoms with Crippen LogP contribution in [0.25, 0.3) is 0 Å². The largest absolute Gasteiger partial charge is 0.347 e. The van der Waals surface area contributed by atoms with Crippen molar-refractivity contribution in [1.82, 2.24) is 19.6 Å². The zero-order valence-corrected chi connectivity index (χ0v) is 28.8. The second kappa shape index (κ2) is 12.9. The Bertz CT molecular complexity index is 1270. The fraction of sp³-hybridized carbons (Fsp3) is 0.743. The van der Waals surface area contributed by atoms with Gasteiger partial charge >= 0.3 is 0 Å². The average Bonchev–Trinajstić information content (AvgIpc) is 3.59. The molecule has 3 fully saturated rings. The van der Waals surface area contributed by atoms with Crippen molar-refractivity contribution in [2.45, 2.75) is 110 Å². The summed E-state index contributed by atoms with van der Waals surface area (Å²) in [5, 5.41) is 0. The van der Waals surface area contributed by atoms with Gasteiger partial charge in [0.05, 0.1) is 17.4 Å². The van der Waals surface area contributed by atoms with Crippen LogP contribution in [0.3, 0.4) is 0 Å². The number of carbonyl (C=O) groups excluding carboxylic acids is 3. The molecule has 1 aliphatic carbocycles. The van der Waals surface area contributed by atoms with E-state index in [1.54, 1.807) is 19.0 Å². The summed E-state index contributed by atoms with van der Waals surface area (Å²) in [4.78, 5) is 49.9. The molecular weight excluding hydrogens is 576 g/mol. The van der Waals surface area contributed by atoms with Gasteiger partial charge in [0, 0.05) is 63.8 Å². The molecule has 4 atom stereocenters. The Morgan fingerprint density at radius 2 is 1.60 bits per heavy atom. The lowest BCUT2D eigenvalue weighted by atomic mass is 9.74.